The number of nitriles is 1. The maximum Gasteiger partial charge on any atom is 0.264 e. The molecule has 2 N–H and O–H groups in total. The lowest BCUT2D eigenvalue weighted by molar-refractivity contribution is -0.157. The molecule has 3 aromatic rings. The van der Waals surface area contributed by atoms with Gasteiger partial charge >= 0.3 is 0 Å². The molecule has 1 heterocycles. The average Bonchev–Trinajstić information content (AvgIpc) is 3.01. The van der Waals surface area contributed by atoms with Gasteiger partial charge in [-0.25, -0.2) is 17.3 Å². The Bertz CT molecular complexity index is 1930. The van der Waals surface area contributed by atoms with Gasteiger partial charge in [-0.15, -0.1) is 0 Å². The average molecular weight is 732 g/mol. The topological polar surface area (TPSA) is 148 Å². The molecule has 1 fully saturated rings. The number of hydrogen-bond acceptors (Lipinski definition) is 7. The molecule has 2 unspecified atom stereocenters. The molecule has 9 nitrogen and oxygen atoms in total. The van der Waals surface area contributed by atoms with Gasteiger partial charge in [0, 0.05) is 43.4 Å². The Kier molecular flexibility index (Phi) is 11.4. The Morgan fingerprint density at radius 1 is 1.00 bits per heavy atom. The van der Waals surface area contributed by atoms with E-state index in [9.17, 15) is 22.2 Å². The van der Waals surface area contributed by atoms with E-state index in [1.807, 2.05) is 44.2 Å². The molecule has 5 atom stereocenters. The number of piperidine rings is 1. The van der Waals surface area contributed by atoms with Crippen molar-refractivity contribution in [1.82, 2.24) is 9.62 Å². The van der Waals surface area contributed by atoms with Crippen molar-refractivity contribution in [2.45, 2.75) is 75.6 Å². The quantitative estimate of drug-likeness (QED) is 0.212. The van der Waals surface area contributed by atoms with Crippen LogP contribution >= 0.6 is 23.2 Å². The summed E-state index contributed by atoms with van der Waals surface area (Å²) in [5.41, 5.74) is 0.416. The SMILES string of the molecule is CC(C)C(CS(=N)(=O)C(C)C)N1C(=O)[C@@](C)(CC(=O)NS(=O)(=O)c2ccc(C#N)cc2)C[C@H](c2cccc(Cl)c2)[C@H]1c1ccc(Cl)cc1. The van der Waals surface area contributed by atoms with Gasteiger partial charge in [-0.1, -0.05) is 82.1 Å². The molecule has 0 aromatic heterocycles. The van der Waals surface area contributed by atoms with Crippen LogP contribution in [0.3, 0.4) is 0 Å². The van der Waals surface area contributed by atoms with Gasteiger partial charge in [0.05, 0.1) is 33.7 Å². The van der Waals surface area contributed by atoms with Crippen LogP contribution in [0.25, 0.3) is 0 Å². The molecule has 2 amide bonds. The highest BCUT2D eigenvalue weighted by Crippen LogP contribution is 2.52. The highest BCUT2D eigenvalue weighted by Gasteiger charge is 2.53. The summed E-state index contributed by atoms with van der Waals surface area (Å²) in [6, 6.07) is 20.2. The predicted octanol–water partition coefficient (Wildman–Crippen LogP) is 7.30. The smallest absolute Gasteiger partial charge is 0.264 e. The first-order valence-electron chi connectivity index (χ1n) is 15.5. The molecule has 0 spiro atoms. The molecule has 4 rings (SSSR count). The number of sulfonamides is 1. The van der Waals surface area contributed by atoms with E-state index in [1.54, 1.807) is 49.9 Å². The summed E-state index contributed by atoms with van der Waals surface area (Å²) in [4.78, 5) is 30.0. The number of nitrogens with one attached hydrogen (secondary N) is 2. The van der Waals surface area contributed by atoms with Crippen LogP contribution in [0.1, 0.15) is 76.1 Å². The lowest BCUT2D eigenvalue weighted by atomic mass is 9.66. The van der Waals surface area contributed by atoms with Crippen LogP contribution in [0, 0.1) is 27.4 Å². The van der Waals surface area contributed by atoms with E-state index >= 15 is 0 Å². The maximum absolute atomic E-state index is 14.9. The van der Waals surface area contributed by atoms with E-state index < -0.39 is 66.7 Å². The van der Waals surface area contributed by atoms with Crippen molar-refractivity contribution in [2.24, 2.45) is 11.3 Å². The summed E-state index contributed by atoms with van der Waals surface area (Å²) in [5.74, 6) is -2.04. The molecule has 1 saturated heterocycles. The zero-order valence-electron chi connectivity index (χ0n) is 27.4. The van der Waals surface area contributed by atoms with Crippen molar-refractivity contribution >= 4 is 54.8 Å². The predicted molar refractivity (Wildman–Crippen MR) is 189 cm³/mol. The summed E-state index contributed by atoms with van der Waals surface area (Å²) in [5, 5.41) is 9.59. The third-order valence-electron chi connectivity index (χ3n) is 8.99. The number of hydrogen-bond donors (Lipinski definition) is 2. The lowest BCUT2D eigenvalue weighted by Gasteiger charge is -2.53. The van der Waals surface area contributed by atoms with E-state index in [2.05, 4.69) is 4.72 Å². The third kappa shape index (κ3) is 8.23. The van der Waals surface area contributed by atoms with Gasteiger partial charge < -0.3 is 4.90 Å². The number of nitrogens with zero attached hydrogens (tertiary/aromatic N) is 2. The molecule has 0 saturated carbocycles. The maximum atomic E-state index is 14.9. The fourth-order valence-electron chi connectivity index (χ4n) is 6.26. The Labute approximate surface area is 293 Å². The van der Waals surface area contributed by atoms with Gasteiger partial charge in [-0.05, 0) is 72.0 Å². The second-order valence-corrected chi connectivity index (χ2v) is 18.5. The molecule has 13 heteroatoms. The number of carbonyl (C=O) groups is 2. The second-order valence-electron chi connectivity index (χ2n) is 13.2. The van der Waals surface area contributed by atoms with Gasteiger partial charge in [0.1, 0.15) is 0 Å². The molecule has 1 aliphatic heterocycles. The van der Waals surface area contributed by atoms with Crippen molar-refractivity contribution < 1.29 is 22.2 Å². The zero-order chi connectivity index (χ0) is 35.6. The van der Waals surface area contributed by atoms with E-state index in [-0.39, 0.29) is 28.6 Å². The molecule has 0 bridgehead atoms. The number of likely N-dealkylation sites (tertiary alicyclic amines) is 1. The highest BCUT2D eigenvalue weighted by atomic mass is 35.5. The first-order chi connectivity index (χ1) is 22.4. The first kappa shape index (κ1) is 37.4. The fourth-order valence-corrected chi connectivity index (χ4v) is 9.01. The normalized spacial score (nSPS) is 21.8. The van der Waals surface area contributed by atoms with E-state index in [4.69, 9.17) is 33.2 Å². The molecule has 256 valence electrons. The summed E-state index contributed by atoms with van der Waals surface area (Å²) >= 11 is 12.7. The molecule has 1 aliphatic rings. The number of benzene rings is 3. The summed E-state index contributed by atoms with van der Waals surface area (Å²) in [6.07, 6.45) is -0.307. The Hall–Kier alpha value is -3.43. The standard InChI is InChI=1S/C35H40Cl2N4O5S2/c1-22(2)31(21-47(39,44)23(3)4)41-33(25-11-13-27(36)14-12-25)30(26-7-6-8-28(37)17-26)18-35(5,34(41)43)19-32(42)40-48(45,46)29-15-9-24(20-38)10-16-29/h6-17,22-23,30-31,33,39H,18-19,21H2,1-5H3,(H,40,42)/t30-,31?,33-,35-,47?/m1/s1. The van der Waals surface area contributed by atoms with Crippen molar-refractivity contribution in [3.8, 4) is 6.07 Å². The number of rotatable bonds is 11. The molecular weight excluding hydrogens is 691 g/mol. The summed E-state index contributed by atoms with van der Waals surface area (Å²) in [7, 11) is -7.46. The minimum atomic E-state index is -4.31. The van der Waals surface area contributed by atoms with Gasteiger partial charge in [0.2, 0.25) is 11.8 Å². The monoisotopic (exact) mass is 730 g/mol. The van der Waals surface area contributed by atoms with Crippen molar-refractivity contribution in [3.63, 3.8) is 0 Å². The summed E-state index contributed by atoms with van der Waals surface area (Å²) < 4.78 is 50.8. The number of amides is 2. The highest BCUT2D eigenvalue weighted by molar-refractivity contribution is 7.93. The minimum absolute atomic E-state index is 0.0875. The Morgan fingerprint density at radius 3 is 2.17 bits per heavy atom. The first-order valence-corrected chi connectivity index (χ1v) is 19.6. The van der Waals surface area contributed by atoms with Gasteiger partial charge in [-0.2, -0.15) is 5.26 Å². The molecule has 48 heavy (non-hydrogen) atoms. The van der Waals surface area contributed by atoms with Gasteiger partial charge in [0.25, 0.3) is 10.0 Å². The Morgan fingerprint density at radius 2 is 1.62 bits per heavy atom. The molecule has 0 aliphatic carbocycles. The lowest BCUT2D eigenvalue weighted by Crippen LogP contribution is -2.59. The largest absolute Gasteiger partial charge is 0.330 e. The van der Waals surface area contributed by atoms with Crippen LogP contribution in [0.15, 0.2) is 77.7 Å². The van der Waals surface area contributed by atoms with Crippen LogP contribution in [0.4, 0.5) is 0 Å². The molecule has 0 radical (unpaired) electrons. The van der Waals surface area contributed by atoms with Crippen LogP contribution < -0.4 is 4.72 Å². The molecular formula is C35H40Cl2N4O5S2. The zero-order valence-corrected chi connectivity index (χ0v) is 30.6. The van der Waals surface area contributed by atoms with Crippen LogP contribution in [0.2, 0.25) is 10.0 Å². The van der Waals surface area contributed by atoms with Crippen molar-refractivity contribution in [3.05, 3.63) is 99.5 Å². The van der Waals surface area contributed by atoms with Gasteiger partial charge in [-0.3, -0.25) is 14.4 Å². The van der Waals surface area contributed by atoms with E-state index in [0.29, 0.717) is 10.0 Å². The fraction of sp³-hybridized carbons (Fsp3) is 0.400. The number of halogens is 2. The van der Waals surface area contributed by atoms with E-state index in [0.717, 1.165) is 11.1 Å². The van der Waals surface area contributed by atoms with Crippen LogP contribution in [-0.2, 0) is 29.3 Å². The Balaban J connectivity index is 1.85. The van der Waals surface area contributed by atoms with E-state index in [1.165, 1.54) is 24.3 Å². The third-order valence-corrected chi connectivity index (χ3v) is 13.2. The van der Waals surface area contributed by atoms with Crippen LogP contribution in [-0.4, -0.2) is 46.4 Å². The second kappa shape index (κ2) is 14.6. The summed E-state index contributed by atoms with van der Waals surface area (Å²) in [6.45, 7) is 8.90. The van der Waals surface area contributed by atoms with Gasteiger partial charge in [0.15, 0.2) is 0 Å². The van der Waals surface area contributed by atoms with Crippen LogP contribution in [0.5, 0.6) is 0 Å². The minimum Gasteiger partial charge on any atom is -0.330 e. The van der Waals surface area contributed by atoms with Crippen molar-refractivity contribution in [1.29, 1.82) is 10.0 Å². The molecule has 3 aromatic carbocycles. The van der Waals surface area contributed by atoms with Crippen molar-refractivity contribution in [2.75, 3.05) is 5.75 Å². The number of carbonyl (C=O) groups excluding carboxylic acids is 2.